The fourth-order valence-electron chi connectivity index (χ4n) is 0.857. The van der Waals surface area contributed by atoms with Crippen molar-refractivity contribution in [1.82, 2.24) is 5.32 Å². The van der Waals surface area contributed by atoms with Gasteiger partial charge in [-0.1, -0.05) is 47.7 Å². The van der Waals surface area contributed by atoms with E-state index in [1.165, 1.54) is 11.8 Å². The van der Waals surface area contributed by atoms with Gasteiger partial charge in [0, 0.05) is 10.8 Å². The largest absolute Gasteiger partial charge is 1.00 e. The van der Waals surface area contributed by atoms with Gasteiger partial charge < -0.3 is 1.43 Å². The third-order valence-corrected chi connectivity index (χ3v) is 2.95. The molecule has 0 unspecified atom stereocenters. The van der Waals surface area contributed by atoms with Crippen molar-refractivity contribution in [1.29, 1.82) is 5.26 Å². The molecule has 1 aromatic rings. The van der Waals surface area contributed by atoms with Crippen molar-refractivity contribution < 1.29 is 52.8 Å². The summed E-state index contributed by atoms with van der Waals surface area (Å²) in [5.74, 6) is 0.716. The number of thiocarbonyl (C=S) groups is 1. The van der Waals surface area contributed by atoms with Gasteiger partial charge in [0.1, 0.15) is 4.32 Å². The number of nitriles is 1. The Bertz CT molecular complexity index is 384. The average Bonchev–Trinajstić information content (AvgIpc) is 2.15. The Morgan fingerprint density at radius 2 is 2.40 bits per heavy atom. The van der Waals surface area contributed by atoms with Crippen molar-refractivity contribution in [3.63, 3.8) is 0 Å². The molecule has 6 heteroatoms. The topological polar surface area (TPSA) is 35.8 Å². The molecule has 74 valence electrons. The van der Waals surface area contributed by atoms with Crippen LogP contribution < -0.4 is 56.7 Å². The molecule has 0 aliphatic rings. The molecule has 0 atom stereocenters. The molecule has 0 aliphatic carbocycles. The molecule has 1 rings (SSSR count). The second-order valence-corrected chi connectivity index (χ2v) is 4.53. The summed E-state index contributed by atoms with van der Waals surface area (Å²) in [4.78, 5) is 0. The molecule has 0 aliphatic heterocycles. The van der Waals surface area contributed by atoms with E-state index in [-0.39, 0.29) is 52.8 Å². The first-order valence-electron chi connectivity index (χ1n) is 3.78. The predicted octanol–water partition coefficient (Wildman–Crippen LogP) is 0.0453. The smallest absolute Gasteiger partial charge is 1.00 e. The summed E-state index contributed by atoms with van der Waals surface area (Å²) in [6.45, 7) is 0. The second kappa shape index (κ2) is 8.96. The third kappa shape index (κ3) is 6.92. The van der Waals surface area contributed by atoms with Crippen LogP contribution in [0.2, 0.25) is 5.02 Å². The molecular formula is C9H8ClKN2S2. The van der Waals surface area contributed by atoms with Crippen LogP contribution in [0.5, 0.6) is 0 Å². The van der Waals surface area contributed by atoms with E-state index in [4.69, 9.17) is 29.1 Å². The summed E-state index contributed by atoms with van der Waals surface area (Å²) in [5.41, 5.74) is 1.09. The van der Waals surface area contributed by atoms with Crippen LogP contribution in [0, 0.1) is 11.5 Å². The summed E-state index contributed by atoms with van der Waals surface area (Å²) < 4.78 is 0.479. The van der Waals surface area contributed by atoms with Crippen molar-refractivity contribution in [2.24, 2.45) is 0 Å². The normalized spacial score (nSPS) is 8.53. The van der Waals surface area contributed by atoms with Crippen LogP contribution in [-0.2, 0) is 5.75 Å². The molecule has 0 spiro atoms. The Hall–Kier alpha value is 0.876. The van der Waals surface area contributed by atoms with Gasteiger partial charge in [-0.15, -0.1) is 0 Å². The number of hydrogen-bond donors (Lipinski definition) is 1. The van der Waals surface area contributed by atoms with E-state index in [9.17, 15) is 0 Å². The minimum atomic E-state index is 0. The Balaban J connectivity index is 0. The van der Waals surface area contributed by atoms with Crippen molar-refractivity contribution >= 4 is 39.9 Å². The molecule has 0 fully saturated rings. The van der Waals surface area contributed by atoms with E-state index in [1.54, 1.807) is 6.19 Å². The minimum Gasteiger partial charge on any atom is -1.00 e. The molecule has 0 bridgehead atoms. The van der Waals surface area contributed by atoms with Crippen LogP contribution >= 0.6 is 35.6 Å². The SMILES string of the molecule is N#CNC(=S)SCc1cccc(Cl)c1.[H-].[K+]. The summed E-state index contributed by atoms with van der Waals surface area (Å²) in [6.07, 6.45) is 1.78. The number of hydrogen-bond acceptors (Lipinski definition) is 3. The van der Waals surface area contributed by atoms with Crippen molar-refractivity contribution in [3.05, 3.63) is 34.9 Å². The van der Waals surface area contributed by atoms with Crippen LogP contribution in [0.25, 0.3) is 0 Å². The summed E-state index contributed by atoms with van der Waals surface area (Å²) in [6, 6.07) is 7.55. The van der Waals surface area contributed by atoms with Gasteiger partial charge in [0.15, 0.2) is 6.19 Å². The van der Waals surface area contributed by atoms with Crippen LogP contribution in [0.4, 0.5) is 0 Å². The number of benzene rings is 1. The Morgan fingerprint density at radius 3 is 3.00 bits per heavy atom. The maximum Gasteiger partial charge on any atom is 1.00 e. The third-order valence-electron chi connectivity index (χ3n) is 1.42. The van der Waals surface area contributed by atoms with Crippen LogP contribution in [0.3, 0.4) is 0 Å². The quantitative estimate of drug-likeness (QED) is 0.360. The molecule has 0 saturated heterocycles. The molecule has 1 aromatic carbocycles. The van der Waals surface area contributed by atoms with E-state index >= 15 is 0 Å². The zero-order valence-electron chi connectivity index (χ0n) is 9.16. The van der Waals surface area contributed by atoms with Crippen molar-refractivity contribution in [2.45, 2.75) is 5.75 Å². The summed E-state index contributed by atoms with van der Waals surface area (Å²) >= 11 is 12.1. The van der Waals surface area contributed by atoms with E-state index in [0.717, 1.165) is 5.56 Å². The molecule has 0 amide bonds. The standard InChI is InChI=1S/C9H7ClN2S2.K.H/c10-8-3-1-2-7(4-8)5-14-9(13)12-6-11;;/h1-4H,5H2,(H,12,13);;/q;+1;-1. The first kappa shape index (κ1) is 15.9. The van der Waals surface area contributed by atoms with Gasteiger partial charge in [0.25, 0.3) is 0 Å². The first-order valence-corrected chi connectivity index (χ1v) is 5.56. The zero-order chi connectivity index (χ0) is 10.4. The van der Waals surface area contributed by atoms with E-state index in [2.05, 4.69) is 5.32 Å². The van der Waals surface area contributed by atoms with Gasteiger partial charge in [-0.25, -0.2) is 0 Å². The molecular weight excluding hydrogens is 275 g/mol. The second-order valence-electron chi connectivity index (χ2n) is 2.44. The zero-order valence-corrected chi connectivity index (χ0v) is 13.7. The fraction of sp³-hybridized carbons (Fsp3) is 0.111. The van der Waals surface area contributed by atoms with Gasteiger partial charge in [-0.3, -0.25) is 5.32 Å². The predicted molar refractivity (Wildman–Crippen MR) is 65.2 cm³/mol. The van der Waals surface area contributed by atoms with Crippen LogP contribution in [0.15, 0.2) is 24.3 Å². The molecule has 15 heavy (non-hydrogen) atoms. The van der Waals surface area contributed by atoms with E-state index < -0.39 is 0 Å². The van der Waals surface area contributed by atoms with Crippen molar-refractivity contribution in [2.75, 3.05) is 0 Å². The maximum atomic E-state index is 8.29. The van der Waals surface area contributed by atoms with Gasteiger partial charge in [-0.05, 0) is 17.7 Å². The monoisotopic (exact) mass is 282 g/mol. The Morgan fingerprint density at radius 1 is 1.67 bits per heavy atom. The van der Waals surface area contributed by atoms with Crippen LogP contribution in [-0.4, -0.2) is 4.32 Å². The van der Waals surface area contributed by atoms with Gasteiger partial charge in [0.05, 0.1) is 0 Å². The first-order chi connectivity index (χ1) is 6.72. The number of halogens is 1. The molecule has 0 heterocycles. The Labute approximate surface area is 148 Å². The van der Waals surface area contributed by atoms with Crippen LogP contribution in [0.1, 0.15) is 6.99 Å². The van der Waals surface area contributed by atoms with Gasteiger partial charge >= 0.3 is 51.4 Å². The van der Waals surface area contributed by atoms with E-state index in [0.29, 0.717) is 15.1 Å². The van der Waals surface area contributed by atoms with E-state index in [1.807, 2.05) is 24.3 Å². The van der Waals surface area contributed by atoms with Crippen molar-refractivity contribution in [3.8, 4) is 6.19 Å². The molecule has 0 aromatic heterocycles. The number of rotatable bonds is 2. The number of nitrogens with one attached hydrogen (secondary N) is 1. The average molecular weight is 283 g/mol. The maximum absolute atomic E-state index is 8.29. The Kier molecular flexibility index (Phi) is 9.49. The number of nitrogens with zero attached hydrogens (tertiary/aromatic N) is 1. The van der Waals surface area contributed by atoms with Gasteiger partial charge in [-0.2, -0.15) is 5.26 Å². The molecule has 2 nitrogen and oxygen atoms in total. The number of thioether (sulfide) groups is 1. The minimum absolute atomic E-state index is 0. The summed E-state index contributed by atoms with van der Waals surface area (Å²) in [7, 11) is 0. The summed E-state index contributed by atoms with van der Waals surface area (Å²) in [5, 5.41) is 11.4. The molecule has 0 saturated carbocycles. The van der Waals surface area contributed by atoms with Gasteiger partial charge in [0.2, 0.25) is 0 Å². The molecule has 0 radical (unpaired) electrons. The fourth-order valence-corrected chi connectivity index (χ4v) is 1.89. The molecule has 1 N–H and O–H groups in total.